The number of carbonyl (C=O) groups excluding carboxylic acids is 1. The minimum atomic E-state index is -0.305. The molecule has 0 bridgehead atoms. The van der Waals surface area contributed by atoms with E-state index in [4.69, 9.17) is 0 Å². The summed E-state index contributed by atoms with van der Waals surface area (Å²) < 4.78 is 4.89. The molecule has 0 spiro atoms. The molecule has 0 saturated carbocycles. The van der Waals surface area contributed by atoms with Crippen LogP contribution in [-0.4, -0.2) is 20.3 Å². The van der Waals surface area contributed by atoms with Crippen molar-refractivity contribution in [2.45, 2.75) is 33.7 Å². The zero-order valence-corrected chi connectivity index (χ0v) is 14.8. The Morgan fingerprint density at radius 3 is 2.70 bits per heavy atom. The van der Waals surface area contributed by atoms with Crippen LogP contribution in [0.2, 0.25) is 0 Å². The van der Waals surface area contributed by atoms with Crippen molar-refractivity contribution >= 4 is 27.5 Å². The van der Waals surface area contributed by atoms with Gasteiger partial charge in [0, 0.05) is 19.3 Å². The number of nitrogens with zero attached hydrogens (tertiary/aromatic N) is 4. The number of fused-ring (bicyclic) bond motifs is 1. The molecule has 3 rings (SSSR count). The minimum Gasteiger partial charge on any atom is -0.319 e. The molecule has 0 aliphatic heterocycles. The molecule has 0 radical (unpaired) electrons. The summed E-state index contributed by atoms with van der Waals surface area (Å²) >= 11 is 1.53. The first-order chi connectivity index (χ1) is 10.9. The van der Waals surface area contributed by atoms with Crippen LogP contribution in [0.1, 0.15) is 41.5 Å². The summed E-state index contributed by atoms with van der Waals surface area (Å²) in [5.41, 5.74) is 3.91. The van der Waals surface area contributed by atoms with Crippen LogP contribution in [0, 0.1) is 13.8 Å². The van der Waals surface area contributed by atoms with Crippen molar-refractivity contribution in [3.05, 3.63) is 46.0 Å². The molecule has 6 heteroatoms. The third-order valence-electron chi connectivity index (χ3n) is 3.79. The van der Waals surface area contributed by atoms with Crippen LogP contribution in [0.3, 0.4) is 0 Å². The fraction of sp³-hybridized carbons (Fsp3) is 0.353. The average molecular weight is 328 g/mol. The van der Waals surface area contributed by atoms with Gasteiger partial charge in [-0.05, 0) is 51.0 Å². The van der Waals surface area contributed by atoms with Gasteiger partial charge in [-0.15, -0.1) is 0 Å². The molecule has 0 aliphatic carbocycles. The van der Waals surface area contributed by atoms with Crippen LogP contribution in [0.15, 0.2) is 29.4 Å². The van der Waals surface area contributed by atoms with Crippen molar-refractivity contribution in [2.24, 2.45) is 12.0 Å². The largest absolute Gasteiger partial charge is 0.319 e. The zero-order chi connectivity index (χ0) is 16.7. The maximum atomic E-state index is 12.4. The molecule has 120 valence electrons. The third kappa shape index (κ3) is 2.86. The lowest BCUT2D eigenvalue weighted by Gasteiger charge is -2.02. The van der Waals surface area contributed by atoms with Gasteiger partial charge < -0.3 is 4.57 Å². The average Bonchev–Trinajstić information content (AvgIpc) is 3.05. The molecule has 5 nitrogen and oxygen atoms in total. The second-order valence-corrected chi connectivity index (χ2v) is 7.07. The molecule has 2 aromatic heterocycles. The Bertz CT molecular complexity index is 959. The first-order valence-corrected chi connectivity index (χ1v) is 8.39. The highest BCUT2D eigenvalue weighted by Gasteiger charge is 2.12. The molecular formula is C17H20N4OS. The van der Waals surface area contributed by atoms with E-state index in [0.29, 0.717) is 10.5 Å². The van der Waals surface area contributed by atoms with E-state index in [-0.39, 0.29) is 11.9 Å². The smallest absolute Gasteiger partial charge is 0.300 e. The van der Waals surface area contributed by atoms with Crippen molar-refractivity contribution in [2.75, 3.05) is 0 Å². The lowest BCUT2D eigenvalue weighted by Crippen LogP contribution is -2.14. The van der Waals surface area contributed by atoms with Gasteiger partial charge in [-0.3, -0.25) is 9.48 Å². The molecule has 1 aromatic carbocycles. The van der Waals surface area contributed by atoms with Gasteiger partial charge >= 0.3 is 0 Å². The molecule has 3 aromatic rings. The Morgan fingerprint density at radius 2 is 2.04 bits per heavy atom. The Balaban J connectivity index is 2.08. The number of hydrogen-bond acceptors (Lipinski definition) is 3. The molecule has 0 N–H and O–H groups in total. The fourth-order valence-corrected chi connectivity index (χ4v) is 3.87. The van der Waals surface area contributed by atoms with E-state index in [2.05, 4.69) is 36.1 Å². The van der Waals surface area contributed by atoms with Gasteiger partial charge in [0.2, 0.25) is 0 Å². The molecule has 2 heterocycles. The second-order valence-electron chi connectivity index (χ2n) is 6.06. The fourth-order valence-electron chi connectivity index (χ4n) is 2.67. The lowest BCUT2D eigenvalue weighted by atomic mass is 10.1. The first kappa shape index (κ1) is 15.7. The predicted molar refractivity (Wildman–Crippen MR) is 92.8 cm³/mol. The SMILES string of the molecule is Cc1cc(C)c2c(c1)sc(=NC(=O)c1ccn(C(C)C)n1)n2C. The Kier molecular flexibility index (Phi) is 3.93. The van der Waals surface area contributed by atoms with E-state index in [1.807, 2.05) is 31.7 Å². The van der Waals surface area contributed by atoms with Crippen LogP contribution in [0.5, 0.6) is 0 Å². The highest BCUT2D eigenvalue weighted by molar-refractivity contribution is 7.16. The molecule has 0 aliphatic rings. The Labute approximate surface area is 138 Å². The van der Waals surface area contributed by atoms with Crippen molar-refractivity contribution in [3.8, 4) is 0 Å². The molecule has 23 heavy (non-hydrogen) atoms. The van der Waals surface area contributed by atoms with E-state index in [1.54, 1.807) is 10.7 Å². The monoisotopic (exact) mass is 328 g/mol. The van der Waals surface area contributed by atoms with Gasteiger partial charge in [0.25, 0.3) is 5.91 Å². The van der Waals surface area contributed by atoms with Gasteiger partial charge in [-0.1, -0.05) is 17.4 Å². The van der Waals surface area contributed by atoms with E-state index in [1.165, 1.54) is 22.5 Å². The van der Waals surface area contributed by atoms with Gasteiger partial charge in [0.15, 0.2) is 10.5 Å². The number of benzene rings is 1. The maximum Gasteiger partial charge on any atom is 0.300 e. The van der Waals surface area contributed by atoms with Crippen LogP contribution >= 0.6 is 11.3 Å². The van der Waals surface area contributed by atoms with Crippen LogP contribution in [0.4, 0.5) is 0 Å². The second kappa shape index (κ2) is 5.77. The normalized spacial score (nSPS) is 12.5. The number of amides is 1. The quantitative estimate of drug-likeness (QED) is 0.724. The number of aryl methyl sites for hydroxylation is 3. The summed E-state index contributed by atoms with van der Waals surface area (Å²) in [5.74, 6) is -0.305. The van der Waals surface area contributed by atoms with E-state index in [0.717, 1.165) is 10.2 Å². The maximum absolute atomic E-state index is 12.4. The molecule has 0 fully saturated rings. The summed E-state index contributed by atoms with van der Waals surface area (Å²) in [6.45, 7) is 8.20. The first-order valence-electron chi connectivity index (χ1n) is 7.58. The number of hydrogen-bond donors (Lipinski definition) is 0. The molecule has 0 atom stereocenters. The van der Waals surface area contributed by atoms with Gasteiger partial charge in [-0.25, -0.2) is 0 Å². The number of rotatable bonds is 2. The van der Waals surface area contributed by atoms with Crippen LogP contribution in [0.25, 0.3) is 10.2 Å². The summed E-state index contributed by atoms with van der Waals surface area (Å²) in [4.78, 5) is 17.4. The van der Waals surface area contributed by atoms with Crippen LogP contribution < -0.4 is 4.80 Å². The standard InChI is InChI=1S/C17H20N4OS/c1-10(2)21-7-6-13(19-21)16(22)18-17-20(5)15-12(4)8-11(3)9-14(15)23-17/h6-10H,1-5H3. The van der Waals surface area contributed by atoms with Crippen molar-refractivity contribution in [1.29, 1.82) is 0 Å². The summed E-state index contributed by atoms with van der Waals surface area (Å²) in [5, 5.41) is 4.29. The third-order valence-corrected chi connectivity index (χ3v) is 4.87. The summed E-state index contributed by atoms with van der Waals surface area (Å²) in [6, 6.07) is 6.21. The van der Waals surface area contributed by atoms with E-state index in [9.17, 15) is 4.79 Å². The van der Waals surface area contributed by atoms with Crippen molar-refractivity contribution in [1.82, 2.24) is 14.3 Å². The lowest BCUT2D eigenvalue weighted by molar-refractivity contribution is 0.0992. The zero-order valence-electron chi connectivity index (χ0n) is 14.0. The highest BCUT2D eigenvalue weighted by Crippen LogP contribution is 2.22. The van der Waals surface area contributed by atoms with Gasteiger partial charge in [0.05, 0.1) is 10.2 Å². The predicted octanol–water partition coefficient (Wildman–Crippen LogP) is 3.38. The summed E-state index contributed by atoms with van der Waals surface area (Å²) in [6.07, 6.45) is 1.81. The minimum absolute atomic E-state index is 0.225. The van der Waals surface area contributed by atoms with E-state index >= 15 is 0 Å². The van der Waals surface area contributed by atoms with Crippen molar-refractivity contribution in [3.63, 3.8) is 0 Å². The van der Waals surface area contributed by atoms with Gasteiger partial charge in [0.1, 0.15) is 0 Å². The number of aromatic nitrogens is 3. The van der Waals surface area contributed by atoms with Crippen LogP contribution in [-0.2, 0) is 7.05 Å². The molecule has 0 unspecified atom stereocenters. The topological polar surface area (TPSA) is 52.2 Å². The Hall–Kier alpha value is -2.21. The highest BCUT2D eigenvalue weighted by atomic mass is 32.1. The molecule has 0 saturated heterocycles. The molecule has 1 amide bonds. The summed E-state index contributed by atoms with van der Waals surface area (Å²) in [7, 11) is 1.94. The molecular weight excluding hydrogens is 308 g/mol. The number of thiazole rings is 1. The Morgan fingerprint density at radius 1 is 1.30 bits per heavy atom. The van der Waals surface area contributed by atoms with E-state index < -0.39 is 0 Å². The van der Waals surface area contributed by atoms with Gasteiger partial charge in [-0.2, -0.15) is 10.1 Å². The van der Waals surface area contributed by atoms with Crippen molar-refractivity contribution < 1.29 is 4.79 Å². The number of carbonyl (C=O) groups is 1.